The zero-order valence-electron chi connectivity index (χ0n) is 11.0. The van der Waals surface area contributed by atoms with Gasteiger partial charge in [0.15, 0.2) is 0 Å². The normalized spacial score (nSPS) is 13.3. The van der Waals surface area contributed by atoms with Crippen molar-refractivity contribution >= 4 is 42.4 Å². The van der Waals surface area contributed by atoms with Crippen LogP contribution in [0.5, 0.6) is 0 Å². The molecule has 0 heterocycles. The molecule has 1 rings (SSSR count). The van der Waals surface area contributed by atoms with E-state index in [1.165, 1.54) is 18.2 Å². The number of carbonyl (C=O) groups is 1. The Morgan fingerprint density at radius 1 is 1.30 bits per heavy atom. The highest BCUT2D eigenvalue weighted by Crippen LogP contribution is 2.44. The van der Waals surface area contributed by atoms with Crippen molar-refractivity contribution in [1.29, 1.82) is 0 Å². The quantitative estimate of drug-likeness (QED) is 0.716. The minimum atomic E-state index is -4.52. The van der Waals surface area contributed by atoms with Crippen molar-refractivity contribution in [2.24, 2.45) is 5.92 Å². The molecule has 0 aliphatic heterocycles. The first-order valence-corrected chi connectivity index (χ1v) is 8.36. The molecule has 1 aromatic rings. The summed E-state index contributed by atoms with van der Waals surface area (Å²) in [6.45, 7) is 3.57. The highest BCUT2D eigenvalue weighted by atomic mass is 35.5. The standard InChI is InChI=1S/C12H16Cl2NO4P/c1-7(2)5-11(20(17,18)19)12(16)15-8-3-4-9(13)10(14)6-8/h3-4,6-7,11H,5H2,1-2H3,(H,15,16)(H2,17,18,19). The van der Waals surface area contributed by atoms with Crippen LogP contribution in [0.15, 0.2) is 18.2 Å². The van der Waals surface area contributed by atoms with Gasteiger partial charge in [-0.1, -0.05) is 37.0 Å². The Kier molecular flexibility index (Phi) is 6.05. The van der Waals surface area contributed by atoms with Gasteiger partial charge in [-0.2, -0.15) is 0 Å². The lowest BCUT2D eigenvalue weighted by Crippen LogP contribution is -2.29. The number of hydrogen-bond acceptors (Lipinski definition) is 2. The maximum absolute atomic E-state index is 12.0. The summed E-state index contributed by atoms with van der Waals surface area (Å²) < 4.78 is 11.4. The second-order valence-electron chi connectivity index (χ2n) is 4.85. The first-order chi connectivity index (χ1) is 9.11. The molecular weight excluding hydrogens is 324 g/mol. The number of halogens is 2. The van der Waals surface area contributed by atoms with E-state index in [2.05, 4.69) is 5.32 Å². The maximum atomic E-state index is 12.0. The summed E-state index contributed by atoms with van der Waals surface area (Å²) in [5, 5.41) is 3.03. The number of carbonyl (C=O) groups excluding carboxylic acids is 1. The molecule has 0 fully saturated rings. The molecule has 0 saturated carbocycles. The lowest BCUT2D eigenvalue weighted by Gasteiger charge is -2.19. The number of anilines is 1. The molecule has 20 heavy (non-hydrogen) atoms. The molecule has 0 radical (unpaired) electrons. The van der Waals surface area contributed by atoms with Crippen LogP contribution < -0.4 is 5.32 Å². The van der Waals surface area contributed by atoms with Crippen molar-refractivity contribution in [3.05, 3.63) is 28.2 Å². The Labute approximate surface area is 127 Å². The fraction of sp³-hybridized carbons (Fsp3) is 0.417. The van der Waals surface area contributed by atoms with Gasteiger partial charge in [0, 0.05) is 5.69 Å². The zero-order chi connectivity index (χ0) is 15.5. The molecule has 0 aromatic heterocycles. The van der Waals surface area contributed by atoms with E-state index in [1.54, 1.807) is 13.8 Å². The van der Waals surface area contributed by atoms with Crippen LogP contribution in [0.25, 0.3) is 0 Å². The summed E-state index contributed by atoms with van der Waals surface area (Å²) in [7, 11) is -4.52. The number of hydrogen-bond donors (Lipinski definition) is 3. The SMILES string of the molecule is CC(C)CC(C(=O)Nc1ccc(Cl)c(Cl)c1)P(=O)(O)O. The van der Waals surface area contributed by atoms with Crippen LogP contribution in [0, 0.1) is 5.92 Å². The van der Waals surface area contributed by atoms with Crippen molar-refractivity contribution < 1.29 is 19.1 Å². The smallest absolute Gasteiger partial charge is 0.325 e. The molecule has 1 atom stereocenters. The molecule has 0 aliphatic carbocycles. The highest BCUT2D eigenvalue weighted by Gasteiger charge is 2.36. The van der Waals surface area contributed by atoms with Crippen LogP contribution in [0.1, 0.15) is 20.3 Å². The third kappa shape index (κ3) is 5.08. The largest absolute Gasteiger partial charge is 0.337 e. The van der Waals surface area contributed by atoms with Crippen LogP contribution in [-0.2, 0) is 9.36 Å². The summed E-state index contributed by atoms with van der Waals surface area (Å²) in [6, 6.07) is 4.43. The van der Waals surface area contributed by atoms with E-state index in [0.29, 0.717) is 10.7 Å². The molecule has 1 unspecified atom stereocenters. The Bertz CT molecular complexity index is 544. The van der Waals surface area contributed by atoms with Crippen LogP contribution in [0.3, 0.4) is 0 Å². The van der Waals surface area contributed by atoms with Crippen molar-refractivity contribution in [3.8, 4) is 0 Å². The van der Waals surface area contributed by atoms with E-state index in [4.69, 9.17) is 23.2 Å². The number of nitrogens with one attached hydrogen (secondary N) is 1. The average molecular weight is 340 g/mol. The van der Waals surface area contributed by atoms with Gasteiger partial charge in [-0.15, -0.1) is 0 Å². The van der Waals surface area contributed by atoms with Gasteiger partial charge < -0.3 is 15.1 Å². The summed E-state index contributed by atoms with van der Waals surface area (Å²) in [5.41, 5.74) is -1.04. The second-order valence-corrected chi connectivity index (χ2v) is 7.47. The first-order valence-electron chi connectivity index (χ1n) is 5.92. The number of amides is 1. The van der Waals surface area contributed by atoms with Gasteiger partial charge in [-0.25, -0.2) is 0 Å². The fourth-order valence-electron chi connectivity index (χ4n) is 1.64. The van der Waals surface area contributed by atoms with Gasteiger partial charge in [0.25, 0.3) is 0 Å². The zero-order valence-corrected chi connectivity index (χ0v) is 13.4. The Morgan fingerprint density at radius 2 is 1.90 bits per heavy atom. The lowest BCUT2D eigenvalue weighted by atomic mass is 10.1. The molecule has 0 bridgehead atoms. The topological polar surface area (TPSA) is 86.6 Å². The van der Waals surface area contributed by atoms with Crippen LogP contribution in [0.2, 0.25) is 10.0 Å². The van der Waals surface area contributed by atoms with Gasteiger partial charge in [-0.05, 0) is 30.5 Å². The van der Waals surface area contributed by atoms with E-state index >= 15 is 0 Å². The number of rotatable bonds is 5. The van der Waals surface area contributed by atoms with Crippen LogP contribution in [0.4, 0.5) is 5.69 Å². The van der Waals surface area contributed by atoms with Gasteiger partial charge in [-0.3, -0.25) is 9.36 Å². The fourth-order valence-corrected chi connectivity index (χ4v) is 3.01. The van der Waals surface area contributed by atoms with Gasteiger partial charge in [0.05, 0.1) is 10.0 Å². The molecule has 0 saturated heterocycles. The first kappa shape index (κ1) is 17.5. The van der Waals surface area contributed by atoms with Gasteiger partial charge >= 0.3 is 7.60 Å². The Balaban J connectivity index is 2.90. The highest BCUT2D eigenvalue weighted by molar-refractivity contribution is 7.53. The minimum Gasteiger partial charge on any atom is -0.325 e. The van der Waals surface area contributed by atoms with E-state index < -0.39 is 19.2 Å². The molecule has 1 aromatic carbocycles. The average Bonchev–Trinajstić information content (AvgIpc) is 2.29. The van der Waals surface area contributed by atoms with Crippen molar-refractivity contribution in [1.82, 2.24) is 0 Å². The monoisotopic (exact) mass is 339 g/mol. The van der Waals surface area contributed by atoms with Crippen molar-refractivity contribution in [2.75, 3.05) is 5.32 Å². The molecule has 8 heteroatoms. The Hall–Kier alpha value is -0.580. The van der Waals surface area contributed by atoms with Gasteiger partial charge in [0.2, 0.25) is 5.91 Å². The molecular formula is C12H16Cl2NO4P. The summed E-state index contributed by atoms with van der Waals surface area (Å²) in [6.07, 6.45) is 0.0947. The summed E-state index contributed by atoms with van der Waals surface area (Å²) in [4.78, 5) is 30.6. The van der Waals surface area contributed by atoms with E-state index in [-0.39, 0.29) is 17.4 Å². The lowest BCUT2D eigenvalue weighted by molar-refractivity contribution is -0.116. The van der Waals surface area contributed by atoms with E-state index in [1.807, 2.05) is 0 Å². The molecule has 0 spiro atoms. The third-order valence-electron chi connectivity index (χ3n) is 2.59. The van der Waals surface area contributed by atoms with Crippen LogP contribution >= 0.6 is 30.8 Å². The molecule has 3 N–H and O–H groups in total. The van der Waals surface area contributed by atoms with Crippen LogP contribution in [-0.4, -0.2) is 21.4 Å². The van der Waals surface area contributed by atoms with E-state index in [0.717, 1.165) is 0 Å². The Morgan fingerprint density at radius 3 is 2.35 bits per heavy atom. The predicted molar refractivity (Wildman–Crippen MR) is 80.4 cm³/mol. The summed E-state index contributed by atoms with van der Waals surface area (Å²) >= 11 is 11.6. The molecule has 112 valence electrons. The number of benzene rings is 1. The van der Waals surface area contributed by atoms with E-state index in [9.17, 15) is 19.1 Å². The van der Waals surface area contributed by atoms with Crippen molar-refractivity contribution in [3.63, 3.8) is 0 Å². The molecule has 1 amide bonds. The maximum Gasteiger partial charge on any atom is 0.337 e. The van der Waals surface area contributed by atoms with Gasteiger partial charge in [0.1, 0.15) is 5.66 Å². The molecule has 0 aliphatic rings. The second kappa shape index (κ2) is 6.92. The third-order valence-corrected chi connectivity index (χ3v) is 4.59. The van der Waals surface area contributed by atoms with Crippen molar-refractivity contribution in [2.45, 2.75) is 25.9 Å². The predicted octanol–water partition coefficient (Wildman–Crippen LogP) is 3.52. The molecule has 5 nitrogen and oxygen atoms in total. The summed E-state index contributed by atoms with van der Waals surface area (Å²) in [5.74, 6) is -0.752. The minimum absolute atomic E-state index is 0.0211.